The smallest absolute Gasteiger partial charge is 0.276 e. The van der Waals surface area contributed by atoms with Crippen LogP contribution >= 0.6 is 0 Å². The van der Waals surface area contributed by atoms with Crippen LogP contribution in [0.15, 0.2) is 47.0 Å². The highest BCUT2D eigenvalue weighted by atomic mass is 16.5. The molecule has 3 rings (SSSR count). The third kappa shape index (κ3) is 4.17. The van der Waals surface area contributed by atoms with E-state index in [-0.39, 0.29) is 17.6 Å². The van der Waals surface area contributed by atoms with Gasteiger partial charge in [0, 0.05) is 12.6 Å². The van der Waals surface area contributed by atoms with Crippen molar-refractivity contribution >= 4 is 17.4 Å². The van der Waals surface area contributed by atoms with E-state index in [9.17, 15) is 4.79 Å². The van der Waals surface area contributed by atoms with E-state index in [1.165, 1.54) is 0 Å². The van der Waals surface area contributed by atoms with Gasteiger partial charge in [0.1, 0.15) is 5.82 Å². The Hall–Kier alpha value is -3.29. The van der Waals surface area contributed by atoms with Gasteiger partial charge in [0.2, 0.25) is 5.89 Å². The molecule has 1 aromatic carbocycles. The second-order valence-corrected chi connectivity index (χ2v) is 5.40. The van der Waals surface area contributed by atoms with Crippen molar-refractivity contribution in [2.75, 3.05) is 10.6 Å². The Morgan fingerprint density at radius 2 is 1.96 bits per heavy atom. The summed E-state index contributed by atoms with van der Waals surface area (Å²) < 4.78 is 5.00. The van der Waals surface area contributed by atoms with E-state index >= 15 is 0 Å². The molecule has 0 bridgehead atoms. The fourth-order valence-corrected chi connectivity index (χ4v) is 2.23. The summed E-state index contributed by atoms with van der Waals surface area (Å²) in [5.41, 5.74) is 0.938. The average Bonchev–Trinajstić information content (AvgIpc) is 3.07. The first-order valence-corrected chi connectivity index (χ1v) is 7.92. The highest BCUT2D eigenvalue weighted by Crippen LogP contribution is 2.18. The molecule has 1 atom stereocenters. The van der Waals surface area contributed by atoms with Gasteiger partial charge in [0.25, 0.3) is 5.91 Å². The topological polar surface area (TPSA) is 106 Å². The molecule has 25 heavy (non-hydrogen) atoms. The molecule has 1 amide bonds. The number of carbonyl (C=O) groups excluding carboxylic acids is 1. The van der Waals surface area contributed by atoms with E-state index in [0.717, 1.165) is 6.42 Å². The monoisotopic (exact) mass is 338 g/mol. The van der Waals surface area contributed by atoms with Crippen molar-refractivity contribution in [1.29, 1.82) is 0 Å². The van der Waals surface area contributed by atoms with Gasteiger partial charge in [-0.05, 0) is 30.7 Å². The summed E-state index contributed by atoms with van der Waals surface area (Å²) in [5.74, 6) is 1.29. The van der Waals surface area contributed by atoms with Gasteiger partial charge in [-0.25, -0.2) is 0 Å². The van der Waals surface area contributed by atoms with Crippen molar-refractivity contribution in [1.82, 2.24) is 20.3 Å². The van der Waals surface area contributed by atoms with Gasteiger partial charge >= 0.3 is 0 Å². The lowest BCUT2D eigenvalue weighted by molar-refractivity contribution is 0.102. The maximum atomic E-state index is 12.2. The third-order valence-corrected chi connectivity index (χ3v) is 3.51. The summed E-state index contributed by atoms with van der Waals surface area (Å²) >= 11 is 0. The SMILES string of the molecule is CCC(Nc1ccc(C(=O)Nc2ccccc2)nn1)c1noc(C)n1. The zero-order chi connectivity index (χ0) is 17.6. The van der Waals surface area contributed by atoms with Crippen molar-refractivity contribution in [2.45, 2.75) is 26.3 Å². The standard InChI is InChI=1S/C17H18N6O2/c1-3-13(16-18-11(2)25-23-16)20-15-10-9-14(21-22-15)17(24)19-12-7-5-4-6-8-12/h4-10,13H,3H2,1-2H3,(H,19,24)(H,20,22). The predicted molar refractivity (Wildman–Crippen MR) is 92.1 cm³/mol. The predicted octanol–water partition coefficient (Wildman–Crippen LogP) is 2.98. The van der Waals surface area contributed by atoms with E-state index in [0.29, 0.717) is 23.2 Å². The fraction of sp³-hybridized carbons (Fsp3) is 0.235. The largest absolute Gasteiger partial charge is 0.358 e. The van der Waals surface area contributed by atoms with Crippen LogP contribution in [-0.2, 0) is 0 Å². The summed E-state index contributed by atoms with van der Waals surface area (Å²) in [7, 11) is 0. The number of carbonyl (C=O) groups is 1. The van der Waals surface area contributed by atoms with Crippen LogP contribution in [0.3, 0.4) is 0 Å². The average molecular weight is 338 g/mol. The third-order valence-electron chi connectivity index (χ3n) is 3.51. The molecule has 0 fully saturated rings. The lowest BCUT2D eigenvalue weighted by Gasteiger charge is -2.13. The number of hydrogen-bond donors (Lipinski definition) is 2. The molecule has 8 heteroatoms. The minimum Gasteiger partial charge on any atom is -0.358 e. The summed E-state index contributed by atoms with van der Waals surface area (Å²) in [6.07, 6.45) is 0.747. The Balaban J connectivity index is 1.66. The van der Waals surface area contributed by atoms with Gasteiger partial charge in [0.15, 0.2) is 11.5 Å². The molecule has 0 aliphatic heterocycles. The first-order valence-electron chi connectivity index (χ1n) is 7.92. The number of aromatic nitrogens is 4. The lowest BCUT2D eigenvalue weighted by Crippen LogP contribution is -2.16. The zero-order valence-electron chi connectivity index (χ0n) is 13.9. The lowest BCUT2D eigenvalue weighted by atomic mass is 10.2. The summed E-state index contributed by atoms with van der Waals surface area (Å²) in [5, 5.41) is 17.9. The molecule has 8 nitrogen and oxygen atoms in total. The second kappa shape index (κ2) is 7.52. The first kappa shape index (κ1) is 16.6. The molecule has 1 unspecified atom stereocenters. The Labute approximate surface area is 144 Å². The molecular weight excluding hydrogens is 320 g/mol. The Bertz CT molecular complexity index is 832. The van der Waals surface area contributed by atoms with Crippen molar-refractivity contribution in [3.63, 3.8) is 0 Å². The number of hydrogen-bond acceptors (Lipinski definition) is 7. The molecule has 0 saturated heterocycles. The molecule has 0 aliphatic carbocycles. The quantitative estimate of drug-likeness (QED) is 0.711. The number of amides is 1. The number of aryl methyl sites for hydroxylation is 1. The number of rotatable bonds is 6. The first-order chi connectivity index (χ1) is 12.2. The second-order valence-electron chi connectivity index (χ2n) is 5.40. The zero-order valence-corrected chi connectivity index (χ0v) is 13.9. The van der Waals surface area contributed by atoms with Crippen LogP contribution < -0.4 is 10.6 Å². The fourth-order valence-electron chi connectivity index (χ4n) is 2.23. The number of para-hydroxylation sites is 1. The van der Waals surface area contributed by atoms with E-state index in [2.05, 4.69) is 31.0 Å². The summed E-state index contributed by atoms with van der Waals surface area (Å²) in [6.45, 7) is 3.74. The van der Waals surface area contributed by atoms with Crippen molar-refractivity contribution in [3.05, 3.63) is 59.9 Å². The summed E-state index contributed by atoms with van der Waals surface area (Å²) in [4.78, 5) is 16.4. The van der Waals surface area contributed by atoms with Crippen LogP contribution in [-0.4, -0.2) is 26.2 Å². The van der Waals surface area contributed by atoms with Crippen molar-refractivity contribution < 1.29 is 9.32 Å². The number of nitrogens with one attached hydrogen (secondary N) is 2. The minimum atomic E-state index is -0.314. The van der Waals surface area contributed by atoms with Crippen LogP contribution in [0, 0.1) is 6.92 Å². The Morgan fingerprint density at radius 3 is 2.56 bits per heavy atom. The van der Waals surface area contributed by atoms with Crippen LogP contribution in [0.2, 0.25) is 0 Å². The number of anilines is 2. The van der Waals surface area contributed by atoms with E-state index in [1.807, 2.05) is 25.1 Å². The van der Waals surface area contributed by atoms with Crippen LogP contribution in [0.4, 0.5) is 11.5 Å². The van der Waals surface area contributed by atoms with E-state index in [4.69, 9.17) is 4.52 Å². The maximum Gasteiger partial charge on any atom is 0.276 e. The Kier molecular flexibility index (Phi) is 4.98. The molecule has 2 heterocycles. The van der Waals surface area contributed by atoms with Crippen LogP contribution in [0.25, 0.3) is 0 Å². The highest BCUT2D eigenvalue weighted by molar-refractivity contribution is 6.02. The van der Waals surface area contributed by atoms with E-state index in [1.54, 1.807) is 31.2 Å². The van der Waals surface area contributed by atoms with Gasteiger partial charge in [-0.2, -0.15) is 4.98 Å². The molecule has 0 saturated carbocycles. The summed E-state index contributed by atoms with van der Waals surface area (Å²) in [6, 6.07) is 12.4. The van der Waals surface area contributed by atoms with Crippen LogP contribution in [0.1, 0.15) is 41.6 Å². The molecular formula is C17H18N6O2. The molecule has 0 spiro atoms. The molecule has 128 valence electrons. The van der Waals surface area contributed by atoms with Gasteiger partial charge in [0.05, 0.1) is 6.04 Å². The van der Waals surface area contributed by atoms with Crippen LogP contribution in [0.5, 0.6) is 0 Å². The Morgan fingerprint density at radius 1 is 1.16 bits per heavy atom. The molecule has 0 aliphatic rings. The van der Waals surface area contributed by atoms with Gasteiger partial charge in [-0.1, -0.05) is 30.3 Å². The normalized spacial score (nSPS) is 11.8. The number of benzene rings is 1. The molecule has 2 N–H and O–H groups in total. The molecule has 3 aromatic rings. The maximum absolute atomic E-state index is 12.2. The van der Waals surface area contributed by atoms with Gasteiger partial charge in [-0.3, -0.25) is 4.79 Å². The number of nitrogens with zero attached hydrogens (tertiary/aromatic N) is 4. The van der Waals surface area contributed by atoms with Gasteiger partial charge < -0.3 is 15.2 Å². The van der Waals surface area contributed by atoms with Crippen molar-refractivity contribution in [3.8, 4) is 0 Å². The molecule has 2 aromatic heterocycles. The van der Waals surface area contributed by atoms with E-state index < -0.39 is 0 Å². The minimum absolute atomic E-state index is 0.143. The van der Waals surface area contributed by atoms with Crippen molar-refractivity contribution in [2.24, 2.45) is 0 Å². The highest BCUT2D eigenvalue weighted by Gasteiger charge is 2.16. The van der Waals surface area contributed by atoms with Gasteiger partial charge in [-0.15, -0.1) is 10.2 Å². The molecule has 0 radical (unpaired) electrons.